The number of aromatic nitrogens is 2. The Bertz CT molecular complexity index is 1410. The summed E-state index contributed by atoms with van der Waals surface area (Å²) >= 11 is 1.53. The lowest BCUT2D eigenvalue weighted by atomic mass is 9.88. The molecule has 8 nitrogen and oxygen atoms in total. The van der Waals surface area contributed by atoms with Crippen molar-refractivity contribution in [1.82, 2.24) is 14.9 Å². The second kappa shape index (κ2) is 11.3. The smallest absolute Gasteiger partial charge is 0.261 e. The van der Waals surface area contributed by atoms with Crippen molar-refractivity contribution in [3.05, 3.63) is 58.4 Å². The zero-order valence-corrected chi connectivity index (χ0v) is 22.4. The monoisotopic (exact) mass is 537 g/mol. The SMILES string of the molecule is CC.N#Cc1c(NSC2CC2)ccc(F)c1Oc1ccc2ncn(C3COC4(CCNCC4)C3)c(=O)c2c1. The van der Waals surface area contributed by atoms with Gasteiger partial charge < -0.3 is 19.5 Å². The maximum atomic E-state index is 14.7. The van der Waals surface area contributed by atoms with Gasteiger partial charge in [-0.15, -0.1) is 0 Å². The number of rotatable bonds is 6. The van der Waals surface area contributed by atoms with Crippen LogP contribution in [0.3, 0.4) is 0 Å². The Balaban J connectivity index is 0.00000144. The summed E-state index contributed by atoms with van der Waals surface area (Å²) < 4.78 is 31.6. The number of halogens is 1. The predicted octanol–water partition coefficient (Wildman–Crippen LogP) is 5.53. The van der Waals surface area contributed by atoms with Gasteiger partial charge in [-0.1, -0.05) is 13.8 Å². The molecule has 1 atom stereocenters. The van der Waals surface area contributed by atoms with Crippen LogP contribution in [0.5, 0.6) is 11.5 Å². The highest BCUT2D eigenvalue weighted by Gasteiger charge is 2.42. The zero-order valence-electron chi connectivity index (χ0n) is 21.6. The summed E-state index contributed by atoms with van der Waals surface area (Å²) in [6.45, 7) is 6.30. The van der Waals surface area contributed by atoms with E-state index in [9.17, 15) is 14.4 Å². The standard InChI is InChI=1S/C26H26FN5O3S.C2H6/c27-21-4-6-23(31-36-18-2-3-18)20(13-28)24(21)35-17-1-5-22-19(11-17)25(33)32(15-30-22)16-12-26(34-14-16)7-9-29-10-8-26;1-2/h1,4-6,11,15-16,18,29,31H,2-3,7-10,12,14H2;1-2H3. The van der Waals surface area contributed by atoms with Crippen molar-refractivity contribution >= 4 is 28.5 Å². The number of piperidine rings is 1. The highest BCUT2D eigenvalue weighted by atomic mass is 32.2. The summed E-state index contributed by atoms with van der Waals surface area (Å²) in [6.07, 6.45) is 6.46. The summed E-state index contributed by atoms with van der Waals surface area (Å²) in [5.41, 5.74) is 0.738. The lowest BCUT2D eigenvalue weighted by Crippen LogP contribution is -2.41. The fourth-order valence-corrected chi connectivity index (χ4v) is 5.81. The van der Waals surface area contributed by atoms with Gasteiger partial charge in [-0.3, -0.25) is 9.36 Å². The maximum Gasteiger partial charge on any atom is 0.261 e. The highest BCUT2D eigenvalue weighted by Crippen LogP contribution is 2.40. The zero-order chi connectivity index (χ0) is 26.7. The third kappa shape index (κ3) is 5.37. The molecule has 3 heterocycles. The van der Waals surface area contributed by atoms with Gasteiger partial charge in [0.15, 0.2) is 11.6 Å². The van der Waals surface area contributed by atoms with E-state index in [2.05, 4.69) is 21.1 Å². The maximum absolute atomic E-state index is 14.7. The Morgan fingerprint density at radius 3 is 2.79 bits per heavy atom. The van der Waals surface area contributed by atoms with E-state index >= 15 is 0 Å². The van der Waals surface area contributed by atoms with Crippen molar-refractivity contribution in [2.75, 3.05) is 24.4 Å². The minimum Gasteiger partial charge on any atom is -0.453 e. The first-order valence-electron chi connectivity index (χ1n) is 13.2. The van der Waals surface area contributed by atoms with Crippen LogP contribution in [0.2, 0.25) is 0 Å². The molecule has 10 heteroatoms. The molecule has 2 aliphatic heterocycles. The van der Waals surface area contributed by atoms with E-state index in [-0.39, 0.29) is 34.3 Å². The number of hydrogen-bond acceptors (Lipinski definition) is 8. The van der Waals surface area contributed by atoms with Crippen molar-refractivity contribution in [3.63, 3.8) is 0 Å². The number of nitriles is 1. The summed E-state index contributed by atoms with van der Waals surface area (Å²) in [5, 5.41) is 14.0. The molecule has 0 radical (unpaired) electrons. The molecule has 3 aromatic rings. The second-order valence-corrected chi connectivity index (χ2v) is 10.8. The van der Waals surface area contributed by atoms with Crippen molar-refractivity contribution in [2.45, 2.75) is 62.8 Å². The van der Waals surface area contributed by atoms with E-state index in [0.29, 0.717) is 28.4 Å². The van der Waals surface area contributed by atoms with Crippen LogP contribution >= 0.6 is 11.9 Å². The first-order valence-corrected chi connectivity index (χ1v) is 14.1. The van der Waals surface area contributed by atoms with E-state index in [1.807, 2.05) is 13.8 Å². The molecule has 1 spiro atoms. The first-order chi connectivity index (χ1) is 18.5. The number of nitrogens with zero attached hydrogens (tertiary/aromatic N) is 3. The molecular weight excluding hydrogens is 505 g/mol. The number of anilines is 1. The van der Waals surface area contributed by atoms with E-state index in [1.165, 1.54) is 24.1 Å². The summed E-state index contributed by atoms with van der Waals surface area (Å²) in [5.74, 6) is -0.550. The number of fused-ring (bicyclic) bond motifs is 1. The van der Waals surface area contributed by atoms with Crippen LogP contribution in [0.4, 0.5) is 10.1 Å². The highest BCUT2D eigenvalue weighted by molar-refractivity contribution is 8.01. The van der Waals surface area contributed by atoms with Crippen LogP contribution in [0.15, 0.2) is 41.5 Å². The number of ether oxygens (including phenoxy) is 2. The Labute approximate surface area is 225 Å². The average molecular weight is 538 g/mol. The van der Waals surface area contributed by atoms with Crippen LogP contribution < -0.4 is 20.3 Å². The molecule has 0 bridgehead atoms. The quantitative estimate of drug-likeness (QED) is 0.396. The van der Waals surface area contributed by atoms with Crippen LogP contribution in [0, 0.1) is 17.1 Å². The third-order valence-corrected chi connectivity index (χ3v) is 8.30. The van der Waals surface area contributed by atoms with Crippen molar-refractivity contribution in [1.29, 1.82) is 5.26 Å². The fourth-order valence-electron chi connectivity index (χ4n) is 4.97. The van der Waals surface area contributed by atoms with Crippen LogP contribution in [-0.4, -0.2) is 40.1 Å². The molecular formula is C28H32FN5O3S. The average Bonchev–Trinajstić information content (AvgIpc) is 3.70. The van der Waals surface area contributed by atoms with Crippen LogP contribution in [-0.2, 0) is 4.74 Å². The Hall–Kier alpha value is -3.13. The van der Waals surface area contributed by atoms with E-state index in [0.717, 1.165) is 45.2 Å². The molecule has 200 valence electrons. The van der Waals surface area contributed by atoms with Gasteiger partial charge in [-0.2, -0.15) is 5.26 Å². The molecule has 2 N–H and O–H groups in total. The number of nitrogens with one attached hydrogen (secondary N) is 2. The van der Waals surface area contributed by atoms with E-state index < -0.39 is 5.82 Å². The lowest BCUT2D eigenvalue weighted by molar-refractivity contribution is -0.0196. The summed E-state index contributed by atoms with van der Waals surface area (Å²) in [6, 6.07) is 9.64. The molecule has 1 unspecified atom stereocenters. The van der Waals surface area contributed by atoms with Gasteiger partial charge in [-0.05, 0) is 87.5 Å². The molecule has 6 rings (SSSR count). The van der Waals surface area contributed by atoms with E-state index in [1.54, 1.807) is 29.1 Å². The van der Waals surface area contributed by atoms with Gasteiger partial charge in [0.2, 0.25) is 0 Å². The Morgan fingerprint density at radius 1 is 1.26 bits per heavy atom. The largest absolute Gasteiger partial charge is 0.453 e. The molecule has 3 fully saturated rings. The molecule has 1 aromatic heterocycles. The van der Waals surface area contributed by atoms with Crippen molar-refractivity contribution in [2.24, 2.45) is 0 Å². The second-order valence-electron chi connectivity index (χ2n) is 9.67. The Morgan fingerprint density at radius 2 is 2.05 bits per heavy atom. The fraction of sp³-hybridized carbons (Fsp3) is 0.464. The van der Waals surface area contributed by atoms with Crippen LogP contribution in [0.1, 0.15) is 57.6 Å². The number of benzene rings is 2. The minimum atomic E-state index is -0.646. The minimum absolute atomic E-state index is 0.0854. The predicted molar refractivity (Wildman–Crippen MR) is 147 cm³/mol. The lowest BCUT2D eigenvalue weighted by Gasteiger charge is -2.32. The van der Waals surface area contributed by atoms with Gasteiger partial charge in [0, 0.05) is 5.25 Å². The molecule has 1 aliphatic carbocycles. The molecule has 2 saturated heterocycles. The van der Waals surface area contributed by atoms with Gasteiger partial charge in [0.25, 0.3) is 5.56 Å². The molecule has 38 heavy (non-hydrogen) atoms. The van der Waals surface area contributed by atoms with Crippen LogP contribution in [0.25, 0.3) is 10.9 Å². The Kier molecular flexibility index (Phi) is 7.88. The molecule has 3 aliphatic rings. The molecule has 2 aromatic carbocycles. The van der Waals surface area contributed by atoms with Gasteiger partial charge in [0.1, 0.15) is 17.4 Å². The first kappa shape index (κ1) is 26.5. The van der Waals surface area contributed by atoms with Gasteiger partial charge in [0.05, 0.1) is 41.2 Å². The van der Waals surface area contributed by atoms with Gasteiger partial charge in [-0.25, -0.2) is 9.37 Å². The van der Waals surface area contributed by atoms with E-state index in [4.69, 9.17) is 9.47 Å². The molecule has 1 saturated carbocycles. The van der Waals surface area contributed by atoms with Crippen molar-refractivity contribution in [3.8, 4) is 17.6 Å². The third-order valence-electron chi connectivity index (χ3n) is 7.15. The normalized spacial score (nSPS) is 20.0. The van der Waals surface area contributed by atoms with Gasteiger partial charge >= 0.3 is 0 Å². The summed E-state index contributed by atoms with van der Waals surface area (Å²) in [4.78, 5) is 17.9. The summed E-state index contributed by atoms with van der Waals surface area (Å²) in [7, 11) is 0. The number of hydrogen-bond donors (Lipinski definition) is 2. The molecule has 0 amide bonds. The topological polar surface area (TPSA) is 101 Å². The van der Waals surface area contributed by atoms with Crippen molar-refractivity contribution < 1.29 is 13.9 Å².